The highest BCUT2D eigenvalue weighted by atomic mass is 15.2. The Hall–Kier alpha value is -2.99. The Kier molecular flexibility index (Phi) is 4.98. The van der Waals surface area contributed by atoms with Gasteiger partial charge in [-0.15, -0.1) is 0 Å². The molecule has 1 aromatic heterocycles. The summed E-state index contributed by atoms with van der Waals surface area (Å²) in [6.07, 6.45) is 0. The molecule has 1 unspecified atom stereocenters. The van der Waals surface area contributed by atoms with E-state index in [0.29, 0.717) is 18.3 Å². The topological polar surface area (TPSA) is 81.2 Å². The molecule has 3 aromatic rings. The highest BCUT2D eigenvalue weighted by Gasteiger charge is 2.11. The smallest absolute Gasteiger partial charge is 0.232 e. The molecule has 0 aliphatic carbocycles. The standard InChI is InChI=1S/C18H20N6/c1-24(12-14-8-4-2-5-9-14)13-16-21-17(19)23-18(22-16)20-15-10-6-3-7-11-15/h2-11H,12-13H2,1H3,(H3,19,20,21,22,23)/p+1. The van der Waals surface area contributed by atoms with E-state index >= 15 is 0 Å². The van der Waals surface area contributed by atoms with Gasteiger partial charge < -0.3 is 16.0 Å². The number of rotatable bonds is 6. The van der Waals surface area contributed by atoms with Gasteiger partial charge in [0.25, 0.3) is 0 Å². The quantitative estimate of drug-likeness (QED) is 0.640. The van der Waals surface area contributed by atoms with Crippen molar-refractivity contribution < 1.29 is 4.90 Å². The molecule has 24 heavy (non-hydrogen) atoms. The van der Waals surface area contributed by atoms with Gasteiger partial charge in [0.1, 0.15) is 13.1 Å². The van der Waals surface area contributed by atoms with E-state index in [1.165, 1.54) is 10.5 Å². The number of hydrogen-bond donors (Lipinski definition) is 3. The molecule has 6 nitrogen and oxygen atoms in total. The van der Waals surface area contributed by atoms with Crippen molar-refractivity contribution in [3.05, 3.63) is 72.1 Å². The third-order valence-corrected chi connectivity index (χ3v) is 3.54. The van der Waals surface area contributed by atoms with E-state index in [-0.39, 0.29) is 5.95 Å². The van der Waals surface area contributed by atoms with Gasteiger partial charge in [0.05, 0.1) is 7.05 Å². The van der Waals surface area contributed by atoms with Crippen LogP contribution in [0.1, 0.15) is 11.4 Å². The van der Waals surface area contributed by atoms with Crippen molar-refractivity contribution in [1.29, 1.82) is 0 Å². The molecule has 0 aliphatic rings. The van der Waals surface area contributed by atoms with Crippen LogP contribution in [0, 0.1) is 0 Å². The van der Waals surface area contributed by atoms with Gasteiger partial charge in [-0.3, -0.25) is 0 Å². The van der Waals surface area contributed by atoms with Crippen molar-refractivity contribution in [3.8, 4) is 0 Å². The van der Waals surface area contributed by atoms with Crippen LogP contribution in [0.3, 0.4) is 0 Å². The van der Waals surface area contributed by atoms with Crippen LogP contribution in [0.5, 0.6) is 0 Å². The maximum Gasteiger partial charge on any atom is 0.232 e. The molecule has 1 heterocycles. The Balaban J connectivity index is 1.69. The molecule has 2 aromatic carbocycles. The van der Waals surface area contributed by atoms with E-state index in [2.05, 4.69) is 39.4 Å². The fraction of sp³-hybridized carbons (Fsp3) is 0.167. The van der Waals surface area contributed by atoms with Crippen molar-refractivity contribution in [2.24, 2.45) is 0 Å². The van der Waals surface area contributed by atoms with E-state index in [1.54, 1.807) is 0 Å². The second-order valence-electron chi connectivity index (χ2n) is 5.72. The summed E-state index contributed by atoms with van der Waals surface area (Å²) in [6.45, 7) is 1.57. The maximum atomic E-state index is 5.83. The Morgan fingerprint density at radius 1 is 0.875 bits per heavy atom. The predicted octanol–water partition coefficient (Wildman–Crippen LogP) is 1.41. The molecule has 0 aliphatic heterocycles. The third kappa shape index (κ3) is 4.50. The molecule has 4 N–H and O–H groups in total. The second-order valence-corrected chi connectivity index (χ2v) is 5.72. The number of nitrogens with zero attached hydrogens (tertiary/aromatic N) is 3. The summed E-state index contributed by atoms with van der Waals surface area (Å²) in [5.41, 5.74) is 8.02. The SMILES string of the molecule is C[NH+](Cc1ccccc1)Cc1nc(N)nc(Nc2ccccc2)n1. The lowest BCUT2D eigenvalue weighted by Gasteiger charge is -2.14. The fourth-order valence-corrected chi connectivity index (χ4v) is 2.50. The Morgan fingerprint density at radius 2 is 1.54 bits per heavy atom. The molecule has 0 saturated carbocycles. The number of nitrogens with two attached hydrogens (primary N) is 1. The Labute approximate surface area is 141 Å². The zero-order valence-corrected chi connectivity index (χ0v) is 13.6. The van der Waals surface area contributed by atoms with Gasteiger partial charge in [-0.05, 0) is 12.1 Å². The highest BCUT2D eigenvalue weighted by molar-refractivity contribution is 5.53. The molecule has 0 radical (unpaired) electrons. The van der Waals surface area contributed by atoms with Crippen molar-refractivity contribution in [1.82, 2.24) is 15.0 Å². The summed E-state index contributed by atoms with van der Waals surface area (Å²) in [7, 11) is 2.11. The summed E-state index contributed by atoms with van der Waals surface area (Å²) < 4.78 is 0. The van der Waals surface area contributed by atoms with Crippen LogP contribution in [0.25, 0.3) is 0 Å². The van der Waals surface area contributed by atoms with E-state index < -0.39 is 0 Å². The second kappa shape index (κ2) is 7.52. The lowest BCUT2D eigenvalue weighted by atomic mass is 10.2. The number of nitrogens with one attached hydrogen (secondary N) is 2. The zero-order valence-electron chi connectivity index (χ0n) is 13.6. The van der Waals surface area contributed by atoms with Gasteiger partial charge in [0, 0.05) is 11.3 Å². The van der Waals surface area contributed by atoms with Gasteiger partial charge in [0.2, 0.25) is 11.9 Å². The van der Waals surface area contributed by atoms with Gasteiger partial charge in [0.15, 0.2) is 5.82 Å². The van der Waals surface area contributed by atoms with Crippen molar-refractivity contribution in [2.75, 3.05) is 18.1 Å². The predicted molar refractivity (Wildman–Crippen MR) is 94.7 cm³/mol. The first-order valence-corrected chi connectivity index (χ1v) is 7.87. The van der Waals surface area contributed by atoms with Gasteiger partial charge >= 0.3 is 0 Å². The minimum atomic E-state index is 0.228. The van der Waals surface area contributed by atoms with E-state index in [1.807, 2.05) is 48.5 Å². The molecular formula is C18H21N6+. The van der Waals surface area contributed by atoms with Crippen LogP contribution in [0.15, 0.2) is 60.7 Å². The normalized spacial score (nSPS) is 11.9. The summed E-state index contributed by atoms with van der Waals surface area (Å²) in [5, 5.41) is 3.16. The third-order valence-electron chi connectivity index (χ3n) is 3.54. The Morgan fingerprint density at radius 3 is 2.25 bits per heavy atom. The van der Waals surface area contributed by atoms with Crippen molar-refractivity contribution in [2.45, 2.75) is 13.1 Å². The molecule has 0 fully saturated rings. The molecular weight excluding hydrogens is 300 g/mol. The van der Waals surface area contributed by atoms with Crippen LogP contribution >= 0.6 is 0 Å². The van der Waals surface area contributed by atoms with Gasteiger partial charge in [-0.2, -0.15) is 15.0 Å². The number of hydrogen-bond acceptors (Lipinski definition) is 5. The monoisotopic (exact) mass is 321 g/mol. The van der Waals surface area contributed by atoms with Crippen LogP contribution in [-0.4, -0.2) is 22.0 Å². The number of quaternary nitrogens is 1. The largest absolute Gasteiger partial charge is 0.368 e. The zero-order chi connectivity index (χ0) is 16.8. The number of para-hydroxylation sites is 1. The average molecular weight is 321 g/mol. The van der Waals surface area contributed by atoms with Gasteiger partial charge in [-0.1, -0.05) is 48.5 Å². The first-order valence-electron chi connectivity index (χ1n) is 7.87. The molecule has 122 valence electrons. The van der Waals surface area contributed by atoms with Crippen LogP contribution < -0.4 is 16.0 Å². The average Bonchev–Trinajstić information content (AvgIpc) is 2.56. The van der Waals surface area contributed by atoms with Crippen molar-refractivity contribution in [3.63, 3.8) is 0 Å². The lowest BCUT2D eigenvalue weighted by molar-refractivity contribution is -0.908. The van der Waals surface area contributed by atoms with Crippen LogP contribution in [-0.2, 0) is 13.1 Å². The summed E-state index contributed by atoms with van der Waals surface area (Å²) in [6, 6.07) is 20.1. The minimum absolute atomic E-state index is 0.228. The molecule has 3 rings (SSSR count). The fourth-order valence-electron chi connectivity index (χ4n) is 2.50. The van der Waals surface area contributed by atoms with E-state index in [9.17, 15) is 0 Å². The number of anilines is 3. The van der Waals surface area contributed by atoms with Crippen LogP contribution in [0.4, 0.5) is 17.6 Å². The van der Waals surface area contributed by atoms with E-state index in [0.717, 1.165) is 12.2 Å². The van der Waals surface area contributed by atoms with Crippen LogP contribution in [0.2, 0.25) is 0 Å². The molecule has 0 bridgehead atoms. The molecule has 0 amide bonds. The number of aromatic nitrogens is 3. The van der Waals surface area contributed by atoms with Gasteiger partial charge in [-0.25, -0.2) is 0 Å². The summed E-state index contributed by atoms with van der Waals surface area (Å²) >= 11 is 0. The molecule has 1 atom stereocenters. The maximum absolute atomic E-state index is 5.83. The molecule has 0 spiro atoms. The summed E-state index contributed by atoms with van der Waals surface area (Å²) in [5.74, 6) is 1.37. The van der Waals surface area contributed by atoms with Crippen molar-refractivity contribution >= 4 is 17.6 Å². The highest BCUT2D eigenvalue weighted by Crippen LogP contribution is 2.12. The molecule has 6 heteroatoms. The first kappa shape index (κ1) is 15.9. The first-order chi connectivity index (χ1) is 11.7. The van der Waals surface area contributed by atoms with E-state index in [4.69, 9.17) is 5.73 Å². The lowest BCUT2D eigenvalue weighted by Crippen LogP contribution is -3.06. The number of benzene rings is 2. The minimum Gasteiger partial charge on any atom is -0.368 e. The summed E-state index contributed by atoms with van der Waals surface area (Å²) in [4.78, 5) is 14.2. The molecule has 0 saturated heterocycles. The number of nitrogen functional groups attached to an aromatic ring is 1. The Bertz CT molecular complexity index is 776.